The normalized spacial score (nSPS) is 11.6. The van der Waals surface area contributed by atoms with Crippen LogP contribution in [0.4, 0.5) is 20.2 Å². The van der Waals surface area contributed by atoms with Crippen LogP contribution in [0.25, 0.3) is 0 Å². The zero-order valence-corrected chi connectivity index (χ0v) is 17.9. The van der Waals surface area contributed by atoms with Crippen molar-refractivity contribution in [1.29, 1.82) is 0 Å². The molecule has 0 aromatic heterocycles. The maximum absolute atomic E-state index is 13.2. The molecule has 2 aromatic rings. The molecule has 3 N–H and O–H groups in total. The lowest BCUT2D eigenvalue weighted by molar-refractivity contribution is -0.385. The molecule has 0 saturated heterocycles. The maximum atomic E-state index is 13.2. The number of nitro groups is 1. The van der Waals surface area contributed by atoms with Crippen LogP contribution in [0.2, 0.25) is 0 Å². The second-order valence-corrected chi connectivity index (χ2v) is 8.46. The Bertz CT molecular complexity index is 1170. The smallest absolute Gasteiger partial charge is 0.402 e. The van der Waals surface area contributed by atoms with E-state index in [0.717, 1.165) is 12.1 Å². The molecule has 0 atom stereocenters. The molecule has 0 amide bonds. The summed E-state index contributed by atoms with van der Waals surface area (Å²) in [6, 6.07) is 6.60. The fourth-order valence-corrected chi connectivity index (χ4v) is 2.75. The third kappa shape index (κ3) is 5.82. The highest BCUT2D eigenvalue weighted by Gasteiger charge is 2.46. The van der Waals surface area contributed by atoms with Gasteiger partial charge >= 0.3 is 27.3 Å². The monoisotopic (exact) mass is 572 g/mol. The third-order valence-electron chi connectivity index (χ3n) is 3.58. The Kier molecular flexibility index (Phi) is 7.12. The molecule has 31 heavy (non-hydrogen) atoms. The van der Waals surface area contributed by atoms with Crippen LogP contribution < -0.4 is 10.5 Å². The standard InChI is InChI=1S/C16H11F2IN2O9S/c17-16(18,31(26,27)28)7-29-15(23)10-6-9(2-4-13(10)21(24)25)30-14(22)8-1-3-12(20)11(19)5-8/h1-6H,7,20H2,(H,26,27,28). The van der Waals surface area contributed by atoms with Crippen molar-refractivity contribution in [2.75, 3.05) is 12.3 Å². The van der Waals surface area contributed by atoms with Crippen LogP contribution in [0.1, 0.15) is 20.7 Å². The minimum atomic E-state index is -5.89. The van der Waals surface area contributed by atoms with E-state index in [1.807, 2.05) is 22.6 Å². The number of carbonyl (C=O) groups excluding carboxylic acids is 2. The van der Waals surface area contributed by atoms with Gasteiger partial charge in [-0.2, -0.15) is 17.2 Å². The van der Waals surface area contributed by atoms with Gasteiger partial charge in [0.2, 0.25) is 0 Å². The van der Waals surface area contributed by atoms with Crippen LogP contribution in [-0.4, -0.2) is 41.7 Å². The summed E-state index contributed by atoms with van der Waals surface area (Å²) in [6.45, 7) is -2.10. The zero-order chi connectivity index (χ0) is 23.6. The third-order valence-corrected chi connectivity index (χ3v) is 5.39. The van der Waals surface area contributed by atoms with Gasteiger partial charge < -0.3 is 15.2 Å². The molecule has 0 aliphatic rings. The number of nitrogens with two attached hydrogens (primary N) is 1. The highest BCUT2D eigenvalue weighted by Crippen LogP contribution is 2.27. The first kappa shape index (κ1) is 24.4. The fourth-order valence-electron chi connectivity index (χ4n) is 2.02. The summed E-state index contributed by atoms with van der Waals surface area (Å²) >= 11 is 1.87. The van der Waals surface area contributed by atoms with Crippen LogP contribution in [-0.2, 0) is 14.9 Å². The van der Waals surface area contributed by atoms with E-state index in [4.69, 9.17) is 15.0 Å². The molecule has 15 heteroatoms. The number of benzene rings is 2. The molecule has 0 bridgehead atoms. The molecule has 0 fully saturated rings. The first-order valence-corrected chi connectivity index (χ1v) is 10.3. The molecule has 11 nitrogen and oxygen atoms in total. The predicted octanol–water partition coefficient (Wildman–Crippen LogP) is 2.64. The number of nitrogens with zero attached hydrogens (tertiary/aromatic N) is 1. The quantitative estimate of drug-likeness (QED) is 0.0954. The Balaban J connectivity index is 2.29. The van der Waals surface area contributed by atoms with E-state index in [2.05, 4.69) is 4.74 Å². The van der Waals surface area contributed by atoms with Crippen LogP contribution in [0.15, 0.2) is 36.4 Å². The van der Waals surface area contributed by atoms with E-state index in [9.17, 15) is 36.9 Å². The number of halogens is 3. The topological polar surface area (TPSA) is 176 Å². The van der Waals surface area contributed by atoms with Gasteiger partial charge in [0.25, 0.3) is 5.69 Å². The van der Waals surface area contributed by atoms with Crippen molar-refractivity contribution in [1.82, 2.24) is 0 Å². The van der Waals surface area contributed by atoms with E-state index >= 15 is 0 Å². The molecule has 0 spiro atoms. The molecule has 0 aliphatic carbocycles. The lowest BCUT2D eigenvalue weighted by atomic mass is 10.1. The number of alkyl halides is 2. The number of nitrogen functional groups attached to an aromatic ring is 1. The molecule has 0 heterocycles. The largest absolute Gasteiger partial charge is 0.454 e. The first-order valence-electron chi connectivity index (χ1n) is 7.80. The summed E-state index contributed by atoms with van der Waals surface area (Å²) in [4.78, 5) is 34.3. The van der Waals surface area contributed by atoms with Crippen molar-refractivity contribution in [3.8, 4) is 5.75 Å². The summed E-state index contributed by atoms with van der Waals surface area (Å²) in [5, 5.41) is 6.26. The summed E-state index contributed by atoms with van der Waals surface area (Å²) < 4.78 is 65.7. The highest BCUT2D eigenvalue weighted by molar-refractivity contribution is 14.1. The Morgan fingerprint density at radius 3 is 2.39 bits per heavy atom. The van der Waals surface area contributed by atoms with E-state index in [1.54, 1.807) is 0 Å². The van der Waals surface area contributed by atoms with Crippen LogP contribution >= 0.6 is 22.6 Å². The molecule has 0 aliphatic heterocycles. The van der Waals surface area contributed by atoms with Crippen molar-refractivity contribution >= 4 is 56.0 Å². The summed E-state index contributed by atoms with van der Waals surface area (Å²) in [5.74, 6) is -2.99. The summed E-state index contributed by atoms with van der Waals surface area (Å²) in [6.07, 6.45) is 0. The van der Waals surface area contributed by atoms with Gasteiger partial charge in [-0.05, 0) is 46.9 Å². The number of rotatable bonds is 7. The molecular weight excluding hydrogens is 561 g/mol. The minimum absolute atomic E-state index is 0.0638. The van der Waals surface area contributed by atoms with Gasteiger partial charge in [-0.25, -0.2) is 9.59 Å². The number of ether oxygens (including phenoxy) is 2. The molecule has 2 aromatic carbocycles. The van der Waals surface area contributed by atoms with Crippen LogP contribution in [0.5, 0.6) is 5.75 Å². The number of esters is 2. The van der Waals surface area contributed by atoms with Crippen molar-refractivity contribution in [2.24, 2.45) is 0 Å². The maximum Gasteiger partial charge on any atom is 0.402 e. The van der Waals surface area contributed by atoms with Crippen molar-refractivity contribution in [3.63, 3.8) is 0 Å². The van der Waals surface area contributed by atoms with Crippen LogP contribution in [0, 0.1) is 13.7 Å². The second-order valence-electron chi connectivity index (χ2n) is 5.75. The number of hydrogen-bond donors (Lipinski definition) is 2. The van der Waals surface area contributed by atoms with Gasteiger partial charge in [-0.3, -0.25) is 14.7 Å². The molecular formula is C16H11F2IN2O9S. The van der Waals surface area contributed by atoms with Gasteiger partial charge in [0, 0.05) is 21.4 Å². The van der Waals surface area contributed by atoms with Crippen molar-refractivity contribution < 1.29 is 45.7 Å². The minimum Gasteiger partial charge on any atom is -0.454 e. The molecule has 0 saturated carbocycles. The van der Waals surface area contributed by atoms with E-state index in [0.29, 0.717) is 15.3 Å². The zero-order valence-electron chi connectivity index (χ0n) is 15.0. The molecule has 2 rings (SSSR count). The van der Waals surface area contributed by atoms with Gasteiger partial charge in [0.1, 0.15) is 11.3 Å². The van der Waals surface area contributed by atoms with Gasteiger partial charge in [0.05, 0.1) is 10.5 Å². The SMILES string of the molecule is Nc1ccc(C(=O)Oc2ccc([N+](=O)[O-])c(C(=O)OCC(F)(F)S(=O)(=O)O)c2)cc1I. The number of anilines is 1. The Morgan fingerprint density at radius 1 is 1.19 bits per heavy atom. The molecule has 0 radical (unpaired) electrons. The lowest BCUT2D eigenvalue weighted by Crippen LogP contribution is -2.34. The van der Waals surface area contributed by atoms with Gasteiger partial charge in [0.15, 0.2) is 6.61 Å². The number of hydrogen-bond acceptors (Lipinski definition) is 9. The van der Waals surface area contributed by atoms with Gasteiger partial charge in [-0.1, -0.05) is 0 Å². The second kappa shape index (κ2) is 9.06. The highest BCUT2D eigenvalue weighted by atomic mass is 127. The first-order chi connectivity index (χ1) is 14.2. The molecule has 166 valence electrons. The Labute approximate surface area is 186 Å². The average molecular weight is 572 g/mol. The fraction of sp³-hybridized carbons (Fsp3) is 0.125. The van der Waals surface area contributed by atoms with Gasteiger partial charge in [-0.15, -0.1) is 0 Å². The van der Waals surface area contributed by atoms with Crippen molar-refractivity contribution in [3.05, 3.63) is 61.2 Å². The van der Waals surface area contributed by atoms with E-state index in [1.165, 1.54) is 18.2 Å². The number of carbonyl (C=O) groups is 2. The summed E-state index contributed by atoms with van der Waals surface area (Å²) in [5.41, 5.74) is 4.33. The predicted molar refractivity (Wildman–Crippen MR) is 108 cm³/mol. The lowest BCUT2D eigenvalue weighted by Gasteiger charge is -2.13. The Hall–Kier alpha value is -2.92. The van der Waals surface area contributed by atoms with E-state index < -0.39 is 50.1 Å². The summed E-state index contributed by atoms with van der Waals surface area (Å²) in [7, 11) is -5.89. The van der Waals surface area contributed by atoms with Crippen molar-refractivity contribution in [2.45, 2.75) is 5.25 Å². The number of nitro benzene ring substituents is 1. The molecule has 0 unspecified atom stereocenters. The Morgan fingerprint density at radius 2 is 1.84 bits per heavy atom. The van der Waals surface area contributed by atoms with E-state index in [-0.39, 0.29) is 11.3 Å². The van der Waals surface area contributed by atoms with Crippen LogP contribution in [0.3, 0.4) is 0 Å². The average Bonchev–Trinajstić information content (AvgIpc) is 2.67.